The van der Waals surface area contributed by atoms with Crippen molar-refractivity contribution >= 4 is 22.4 Å². The lowest BCUT2D eigenvalue weighted by Gasteiger charge is -2.33. The van der Waals surface area contributed by atoms with Crippen molar-refractivity contribution in [1.82, 2.24) is 20.2 Å². The van der Waals surface area contributed by atoms with Crippen molar-refractivity contribution in [2.75, 3.05) is 18.5 Å². The predicted octanol–water partition coefficient (Wildman–Crippen LogP) is 3.40. The van der Waals surface area contributed by atoms with Gasteiger partial charge in [0, 0.05) is 37.1 Å². The summed E-state index contributed by atoms with van der Waals surface area (Å²) in [5, 5.41) is 9.43. The van der Waals surface area contributed by atoms with Gasteiger partial charge in [-0.05, 0) is 52.0 Å². The molecule has 0 radical (unpaired) electrons. The Morgan fingerprint density at radius 3 is 2.74 bits per heavy atom. The van der Waals surface area contributed by atoms with Gasteiger partial charge in [-0.3, -0.25) is 10.3 Å². The highest BCUT2D eigenvalue weighted by Gasteiger charge is 2.41. The van der Waals surface area contributed by atoms with Crippen LogP contribution in [0.3, 0.4) is 0 Å². The van der Waals surface area contributed by atoms with Crippen molar-refractivity contribution in [3.63, 3.8) is 0 Å². The van der Waals surface area contributed by atoms with Gasteiger partial charge in [0.2, 0.25) is 0 Å². The molecule has 0 atom stereocenters. The normalized spacial score (nSPS) is 22.1. The summed E-state index contributed by atoms with van der Waals surface area (Å²) in [4.78, 5) is 10.7. The van der Waals surface area contributed by atoms with E-state index in [1.165, 1.54) is 6.42 Å². The number of ether oxygens (including phenoxy) is 1. The second kappa shape index (κ2) is 6.49. The molecule has 2 aliphatic heterocycles. The summed E-state index contributed by atoms with van der Waals surface area (Å²) in [5.74, 6) is 0. The molecule has 5 rings (SSSR count). The molecule has 2 N–H and O–H groups in total. The van der Waals surface area contributed by atoms with Crippen molar-refractivity contribution in [3.05, 3.63) is 24.0 Å². The lowest BCUT2D eigenvalue weighted by atomic mass is 9.80. The number of hydrogen-bond acceptors (Lipinski definition) is 6. The highest BCUT2D eigenvalue weighted by atomic mass is 16.7. The largest absolute Gasteiger partial charge is 0.381 e. The van der Waals surface area contributed by atoms with E-state index in [1.807, 2.05) is 17.1 Å². The molecule has 1 spiro atoms. The molecule has 1 saturated heterocycles. The maximum absolute atomic E-state index is 5.90. The molecule has 27 heavy (non-hydrogen) atoms. The molecule has 7 heteroatoms. The van der Waals surface area contributed by atoms with E-state index in [-0.39, 0.29) is 11.6 Å². The Labute approximate surface area is 159 Å². The van der Waals surface area contributed by atoms with Gasteiger partial charge in [0.15, 0.2) is 5.65 Å². The average Bonchev–Trinajstić information content (AvgIpc) is 3.27. The van der Waals surface area contributed by atoms with Gasteiger partial charge in [-0.25, -0.2) is 9.67 Å². The number of hydrogen-bond donors (Lipinski definition) is 2. The van der Waals surface area contributed by atoms with Crippen molar-refractivity contribution in [3.8, 4) is 0 Å². The molecule has 2 aromatic heterocycles. The Balaban J connectivity index is 1.59. The number of rotatable bonds is 4. The molecule has 0 amide bonds. The highest BCUT2D eigenvalue weighted by molar-refractivity contribution is 5.96. The Morgan fingerprint density at radius 2 is 2.07 bits per heavy atom. The lowest BCUT2D eigenvalue weighted by Crippen LogP contribution is -2.36. The maximum Gasteiger partial charge on any atom is 0.160 e. The third-order valence-electron chi connectivity index (χ3n) is 5.94. The number of nitrogens with zero attached hydrogens (tertiary/aromatic N) is 3. The van der Waals surface area contributed by atoms with Crippen LogP contribution in [-0.2, 0) is 9.57 Å². The summed E-state index contributed by atoms with van der Waals surface area (Å²) < 4.78 is 7.51. The first-order valence-corrected chi connectivity index (χ1v) is 10.0. The van der Waals surface area contributed by atoms with E-state index in [4.69, 9.17) is 14.6 Å². The van der Waals surface area contributed by atoms with Crippen molar-refractivity contribution in [2.24, 2.45) is 0 Å². The summed E-state index contributed by atoms with van der Waals surface area (Å²) in [6, 6.07) is 0.660. The summed E-state index contributed by atoms with van der Waals surface area (Å²) >= 11 is 0. The summed E-state index contributed by atoms with van der Waals surface area (Å²) in [6.07, 6.45) is 11.5. The average molecular weight is 369 g/mol. The van der Waals surface area contributed by atoms with Gasteiger partial charge in [0.25, 0.3) is 0 Å². The van der Waals surface area contributed by atoms with Crippen LogP contribution in [0.2, 0.25) is 0 Å². The number of hydroxylamine groups is 1. The molecule has 1 aliphatic carbocycles. The van der Waals surface area contributed by atoms with E-state index in [1.54, 1.807) is 0 Å². The zero-order valence-electron chi connectivity index (χ0n) is 16.0. The second-order valence-corrected chi connectivity index (χ2v) is 8.18. The summed E-state index contributed by atoms with van der Waals surface area (Å²) in [5.41, 5.74) is 7.12. The monoisotopic (exact) mass is 369 g/mol. The topological polar surface area (TPSA) is 73.2 Å². The van der Waals surface area contributed by atoms with E-state index in [2.05, 4.69) is 35.8 Å². The number of aromatic nitrogens is 3. The lowest BCUT2D eigenvalue weighted by molar-refractivity contribution is -0.0821. The van der Waals surface area contributed by atoms with Gasteiger partial charge in [-0.2, -0.15) is 5.10 Å². The van der Waals surface area contributed by atoms with Crippen molar-refractivity contribution in [1.29, 1.82) is 0 Å². The van der Waals surface area contributed by atoms with E-state index in [0.29, 0.717) is 6.04 Å². The first-order chi connectivity index (χ1) is 13.2. The van der Waals surface area contributed by atoms with Crippen LogP contribution in [0.1, 0.15) is 57.6 Å². The third kappa shape index (κ3) is 2.89. The number of anilines is 1. The van der Waals surface area contributed by atoms with E-state index < -0.39 is 0 Å². The van der Waals surface area contributed by atoms with Gasteiger partial charge >= 0.3 is 0 Å². The molecule has 2 aromatic rings. The first-order valence-electron chi connectivity index (χ1n) is 10.0. The minimum Gasteiger partial charge on any atom is -0.381 e. The van der Waals surface area contributed by atoms with Crippen LogP contribution < -0.4 is 10.8 Å². The molecule has 144 valence electrons. The Kier molecular flexibility index (Phi) is 4.09. The predicted molar refractivity (Wildman–Crippen MR) is 104 cm³/mol. The number of fused-ring (bicyclic) bond motifs is 1. The summed E-state index contributed by atoms with van der Waals surface area (Å²) in [7, 11) is 0. The Morgan fingerprint density at radius 1 is 1.26 bits per heavy atom. The highest BCUT2D eigenvalue weighted by Crippen LogP contribution is 2.43. The van der Waals surface area contributed by atoms with Gasteiger partial charge < -0.3 is 10.1 Å². The van der Waals surface area contributed by atoms with Gasteiger partial charge in [0.1, 0.15) is 5.60 Å². The van der Waals surface area contributed by atoms with Crippen LogP contribution in [0.4, 0.5) is 5.69 Å². The van der Waals surface area contributed by atoms with Crippen LogP contribution in [0.15, 0.2) is 18.5 Å². The van der Waals surface area contributed by atoms with Crippen molar-refractivity contribution in [2.45, 2.75) is 63.6 Å². The fraction of sp³-hybridized carbons (Fsp3) is 0.600. The first kappa shape index (κ1) is 17.0. The fourth-order valence-electron chi connectivity index (χ4n) is 4.16. The Hall–Kier alpha value is -2.12. The smallest absolute Gasteiger partial charge is 0.160 e. The minimum atomic E-state index is -0.123. The zero-order chi connectivity index (χ0) is 18.4. The maximum atomic E-state index is 5.90. The van der Waals surface area contributed by atoms with Crippen LogP contribution in [0.25, 0.3) is 16.7 Å². The van der Waals surface area contributed by atoms with Crippen LogP contribution in [0.5, 0.6) is 0 Å². The number of nitrogens with one attached hydrogen (secondary N) is 2. The van der Waals surface area contributed by atoms with Crippen LogP contribution in [-0.4, -0.2) is 39.6 Å². The van der Waals surface area contributed by atoms with Crippen molar-refractivity contribution < 1.29 is 9.57 Å². The number of pyridine rings is 1. The SMILES string of the molecule is CC(C)n1ncc2c(NC3CCOCC3)c(C3=CC4(CCC4)ON3)cnc21. The van der Waals surface area contributed by atoms with E-state index in [9.17, 15) is 0 Å². The molecule has 4 heterocycles. The summed E-state index contributed by atoms with van der Waals surface area (Å²) in [6.45, 7) is 5.87. The molecule has 0 unspecified atom stereocenters. The third-order valence-corrected chi connectivity index (χ3v) is 5.94. The van der Waals surface area contributed by atoms with E-state index in [0.717, 1.165) is 66.9 Å². The molecule has 0 bridgehead atoms. The minimum absolute atomic E-state index is 0.123. The molecule has 7 nitrogen and oxygen atoms in total. The molecule has 3 aliphatic rings. The molecule has 2 fully saturated rings. The standard InChI is InChI=1S/C20H27N5O2/c1-13(2)25-19-16(12-22-25)18(23-14-4-8-26-9-5-14)15(11-21-19)17-10-20(27-24-17)6-3-7-20/h10-14,24H,3-9H2,1-2H3,(H,21,23). The Bertz CT molecular complexity index is 878. The second-order valence-electron chi connectivity index (χ2n) is 8.18. The molecule has 0 aromatic carbocycles. The van der Waals surface area contributed by atoms with Crippen LogP contribution in [0, 0.1) is 0 Å². The quantitative estimate of drug-likeness (QED) is 0.860. The molecular weight excluding hydrogens is 342 g/mol. The zero-order valence-corrected chi connectivity index (χ0v) is 16.0. The van der Waals surface area contributed by atoms with E-state index >= 15 is 0 Å². The molecule has 1 saturated carbocycles. The molecular formula is C20H27N5O2. The van der Waals surface area contributed by atoms with Gasteiger partial charge in [-0.1, -0.05) is 0 Å². The van der Waals surface area contributed by atoms with Gasteiger partial charge in [-0.15, -0.1) is 0 Å². The van der Waals surface area contributed by atoms with Crippen LogP contribution >= 0.6 is 0 Å². The fourth-order valence-corrected chi connectivity index (χ4v) is 4.16. The van der Waals surface area contributed by atoms with Gasteiger partial charge in [0.05, 0.1) is 23.0 Å².